The zero-order chi connectivity index (χ0) is 14.4. The van der Waals surface area contributed by atoms with Crippen molar-refractivity contribution < 1.29 is 23.7 Å². The average molecular weight is 282 g/mol. The molecular weight excluding hydrogens is 260 g/mol. The quantitative estimate of drug-likeness (QED) is 0.700. The fraction of sp³-hybridized carbons (Fsp3) is 0.600. The van der Waals surface area contributed by atoms with Crippen LogP contribution in [0.2, 0.25) is 0 Å². The molecule has 0 spiro atoms. The maximum atomic E-state index is 5.78. The minimum absolute atomic E-state index is 0.142. The molecule has 5 heteroatoms. The van der Waals surface area contributed by atoms with E-state index in [0.29, 0.717) is 6.61 Å². The van der Waals surface area contributed by atoms with Crippen LogP contribution in [0.25, 0.3) is 0 Å². The van der Waals surface area contributed by atoms with Crippen LogP contribution in [0.15, 0.2) is 37.0 Å². The van der Waals surface area contributed by atoms with E-state index in [-0.39, 0.29) is 24.4 Å². The zero-order valence-electron chi connectivity index (χ0n) is 12.1. The molecule has 0 aromatic heterocycles. The predicted octanol–water partition coefficient (Wildman–Crippen LogP) is 2.50. The predicted molar refractivity (Wildman–Crippen MR) is 73.7 cm³/mol. The Hall–Kier alpha value is -1.46. The van der Waals surface area contributed by atoms with Crippen LogP contribution in [0.3, 0.4) is 0 Å². The molecule has 2 aliphatic heterocycles. The van der Waals surface area contributed by atoms with Crippen molar-refractivity contribution in [3.63, 3.8) is 0 Å². The van der Waals surface area contributed by atoms with Gasteiger partial charge in [0, 0.05) is 0 Å². The molecule has 112 valence electrons. The van der Waals surface area contributed by atoms with Crippen molar-refractivity contribution in [2.75, 3.05) is 6.61 Å². The normalized spacial score (nSPS) is 37.0. The van der Waals surface area contributed by atoms with Crippen LogP contribution in [-0.4, -0.2) is 37.3 Å². The zero-order valence-corrected chi connectivity index (χ0v) is 12.1. The molecule has 2 rings (SSSR count). The highest BCUT2D eigenvalue weighted by molar-refractivity contribution is 4.98. The second-order valence-corrected chi connectivity index (χ2v) is 4.59. The summed E-state index contributed by atoms with van der Waals surface area (Å²) in [4.78, 5) is 0. The van der Waals surface area contributed by atoms with Gasteiger partial charge in [0.15, 0.2) is 24.6 Å². The molecule has 5 atom stereocenters. The van der Waals surface area contributed by atoms with Gasteiger partial charge >= 0.3 is 0 Å². The summed E-state index contributed by atoms with van der Waals surface area (Å²) >= 11 is 0. The smallest absolute Gasteiger partial charge is 0.199 e. The number of fused-ring (bicyclic) bond motifs is 2. The molecule has 2 fully saturated rings. The van der Waals surface area contributed by atoms with E-state index in [9.17, 15) is 0 Å². The maximum Gasteiger partial charge on any atom is 0.199 e. The Morgan fingerprint density at radius 3 is 1.95 bits per heavy atom. The van der Waals surface area contributed by atoms with Gasteiger partial charge in [0.2, 0.25) is 0 Å². The van der Waals surface area contributed by atoms with Gasteiger partial charge in [0.1, 0.15) is 6.10 Å². The molecule has 0 aromatic rings. The molecule has 2 heterocycles. The first kappa shape index (κ1) is 14.9. The van der Waals surface area contributed by atoms with Crippen molar-refractivity contribution >= 4 is 0 Å². The van der Waals surface area contributed by atoms with E-state index in [1.165, 1.54) is 0 Å². The minimum atomic E-state index is -0.420. The lowest BCUT2D eigenvalue weighted by molar-refractivity contribution is -0.232. The number of allylic oxidation sites excluding steroid dienone is 3. The van der Waals surface area contributed by atoms with Crippen LogP contribution in [-0.2, 0) is 23.7 Å². The van der Waals surface area contributed by atoms with E-state index in [1.54, 1.807) is 18.8 Å². The molecule has 2 saturated heterocycles. The third-order valence-electron chi connectivity index (χ3n) is 3.13. The third kappa shape index (κ3) is 3.16. The van der Waals surface area contributed by atoms with E-state index in [1.807, 2.05) is 39.0 Å². The molecule has 0 unspecified atom stereocenters. The standard InChI is InChI=1S/C15H22O5/c1-4-7-16-12-11-10-19-15(20-11)14(18-9-6-3)13(12)17-8-5-2/h4-9,11-15H,10H2,1-3H3/b7-4+,8-5+,9-6+/t11-,12-,13+,14-,15-/m0/s1. The molecule has 2 aliphatic rings. The first-order valence-electron chi connectivity index (χ1n) is 6.88. The topological polar surface area (TPSA) is 46.2 Å². The average Bonchev–Trinajstić information content (AvgIpc) is 2.89. The van der Waals surface area contributed by atoms with Gasteiger partial charge in [-0.1, -0.05) is 18.2 Å². The van der Waals surface area contributed by atoms with Gasteiger partial charge in [0.25, 0.3) is 0 Å². The van der Waals surface area contributed by atoms with Crippen molar-refractivity contribution in [3.8, 4) is 0 Å². The summed E-state index contributed by atoms with van der Waals surface area (Å²) < 4.78 is 28.6. The van der Waals surface area contributed by atoms with Crippen LogP contribution < -0.4 is 0 Å². The minimum Gasteiger partial charge on any atom is -0.492 e. The van der Waals surface area contributed by atoms with Crippen LogP contribution in [0, 0.1) is 0 Å². The van der Waals surface area contributed by atoms with E-state index < -0.39 is 6.29 Å². The van der Waals surface area contributed by atoms with E-state index in [0.717, 1.165) is 0 Å². The lowest BCUT2D eigenvalue weighted by atomic mass is 10.0. The van der Waals surface area contributed by atoms with Crippen molar-refractivity contribution in [1.82, 2.24) is 0 Å². The van der Waals surface area contributed by atoms with Gasteiger partial charge < -0.3 is 23.7 Å². The Balaban J connectivity index is 2.17. The fourth-order valence-electron chi connectivity index (χ4n) is 2.31. The molecule has 0 saturated carbocycles. The monoisotopic (exact) mass is 282 g/mol. The van der Waals surface area contributed by atoms with E-state index in [2.05, 4.69) is 0 Å². The van der Waals surface area contributed by atoms with E-state index >= 15 is 0 Å². The first-order chi connectivity index (χ1) is 9.81. The van der Waals surface area contributed by atoms with E-state index in [4.69, 9.17) is 23.7 Å². The van der Waals surface area contributed by atoms with Gasteiger partial charge in [-0.05, 0) is 20.8 Å². The number of hydrogen-bond acceptors (Lipinski definition) is 5. The lowest BCUT2D eigenvalue weighted by Crippen LogP contribution is -2.55. The molecule has 2 bridgehead atoms. The van der Waals surface area contributed by atoms with Crippen molar-refractivity contribution in [2.45, 2.75) is 51.5 Å². The molecular formula is C15H22O5. The Bertz CT molecular complexity index is 348. The second kappa shape index (κ2) is 7.36. The molecule has 0 aromatic carbocycles. The highest BCUT2D eigenvalue weighted by Gasteiger charge is 2.54. The molecule has 0 aliphatic carbocycles. The fourth-order valence-corrected chi connectivity index (χ4v) is 2.31. The van der Waals surface area contributed by atoms with Crippen molar-refractivity contribution in [3.05, 3.63) is 37.0 Å². The van der Waals surface area contributed by atoms with Gasteiger partial charge in [-0.3, -0.25) is 0 Å². The summed E-state index contributed by atoms with van der Waals surface area (Å²) in [5, 5.41) is 0. The third-order valence-corrected chi connectivity index (χ3v) is 3.13. The Morgan fingerprint density at radius 1 is 0.800 bits per heavy atom. The summed E-state index contributed by atoms with van der Waals surface area (Å²) in [5.74, 6) is 0. The Labute approximate surface area is 119 Å². The number of rotatable bonds is 6. The molecule has 0 amide bonds. The van der Waals surface area contributed by atoms with Gasteiger partial charge in [-0.15, -0.1) is 0 Å². The highest BCUT2D eigenvalue weighted by Crippen LogP contribution is 2.34. The van der Waals surface area contributed by atoms with Crippen LogP contribution >= 0.6 is 0 Å². The first-order valence-corrected chi connectivity index (χ1v) is 6.88. The van der Waals surface area contributed by atoms with Crippen molar-refractivity contribution in [1.29, 1.82) is 0 Å². The number of ether oxygens (including phenoxy) is 5. The number of hydrogen-bond donors (Lipinski definition) is 0. The summed E-state index contributed by atoms with van der Waals surface area (Å²) in [5.41, 5.74) is 0. The van der Waals surface area contributed by atoms with Gasteiger partial charge in [-0.25, -0.2) is 0 Å². The van der Waals surface area contributed by atoms with Crippen LogP contribution in [0.4, 0.5) is 0 Å². The SMILES string of the molecule is C/C=C/O[C@H]1[C@H](O/C=C/C)[C@H]2OC[C@H](O2)[C@@H]1O/C=C/C. The van der Waals surface area contributed by atoms with Gasteiger partial charge in [0.05, 0.1) is 25.4 Å². The summed E-state index contributed by atoms with van der Waals surface area (Å²) in [6, 6.07) is 0. The van der Waals surface area contributed by atoms with Gasteiger partial charge in [-0.2, -0.15) is 0 Å². The molecule has 0 radical (unpaired) electrons. The summed E-state index contributed by atoms with van der Waals surface area (Å²) in [6.07, 6.45) is 8.91. The highest BCUT2D eigenvalue weighted by atomic mass is 16.8. The Kier molecular flexibility index (Phi) is 5.49. The Morgan fingerprint density at radius 2 is 1.35 bits per heavy atom. The van der Waals surface area contributed by atoms with Crippen molar-refractivity contribution in [2.24, 2.45) is 0 Å². The molecule has 5 nitrogen and oxygen atoms in total. The molecule has 20 heavy (non-hydrogen) atoms. The largest absolute Gasteiger partial charge is 0.492 e. The maximum absolute atomic E-state index is 5.78. The van der Waals surface area contributed by atoms with Crippen LogP contribution in [0.1, 0.15) is 20.8 Å². The summed E-state index contributed by atoms with van der Waals surface area (Å²) in [6.45, 7) is 6.16. The lowest BCUT2D eigenvalue weighted by Gasteiger charge is -2.38. The second-order valence-electron chi connectivity index (χ2n) is 4.59. The molecule has 0 N–H and O–H groups in total. The summed E-state index contributed by atoms with van der Waals surface area (Å²) in [7, 11) is 0. The van der Waals surface area contributed by atoms with Crippen LogP contribution in [0.5, 0.6) is 0 Å².